The van der Waals surface area contributed by atoms with Gasteiger partial charge in [0.1, 0.15) is 17.1 Å². The number of carbonyl (C=O) groups is 1. The minimum atomic E-state index is 0.100. The molecule has 1 atom stereocenters. The zero-order chi connectivity index (χ0) is 16.4. The summed E-state index contributed by atoms with van der Waals surface area (Å²) in [7, 11) is 5.32. The van der Waals surface area contributed by atoms with Gasteiger partial charge >= 0.3 is 0 Å². The standard InChI is InChI=1S/C18H24N2O3/c1-19(2)18(21)13-5-4-8-20(11-13)12-16-10-14-9-15(22-3)6-7-17(14)23-16/h6-7,9-10,13H,4-5,8,11-12H2,1-3H3/t13-/m1/s1. The van der Waals surface area contributed by atoms with E-state index in [2.05, 4.69) is 11.0 Å². The van der Waals surface area contributed by atoms with Crippen LogP contribution in [0.5, 0.6) is 5.75 Å². The number of nitrogens with zero attached hydrogens (tertiary/aromatic N) is 2. The van der Waals surface area contributed by atoms with Gasteiger partial charge in [-0.3, -0.25) is 9.69 Å². The predicted molar refractivity (Wildman–Crippen MR) is 89.5 cm³/mol. The van der Waals surface area contributed by atoms with Crippen LogP contribution in [0.1, 0.15) is 18.6 Å². The fourth-order valence-corrected chi connectivity index (χ4v) is 3.27. The number of ether oxygens (including phenoxy) is 1. The van der Waals surface area contributed by atoms with Crippen LogP contribution in [-0.2, 0) is 11.3 Å². The van der Waals surface area contributed by atoms with E-state index in [0.717, 1.165) is 55.0 Å². The lowest BCUT2D eigenvalue weighted by molar-refractivity contribution is -0.134. The number of furan rings is 1. The molecule has 0 unspecified atom stereocenters. The summed E-state index contributed by atoms with van der Waals surface area (Å²) < 4.78 is 11.2. The average molecular weight is 316 g/mol. The van der Waals surface area contributed by atoms with Crippen molar-refractivity contribution < 1.29 is 13.9 Å². The zero-order valence-electron chi connectivity index (χ0n) is 14.0. The Hall–Kier alpha value is -2.01. The third-order valence-electron chi connectivity index (χ3n) is 4.45. The molecule has 3 rings (SSSR count). The van der Waals surface area contributed by atoms with Crippen LogP contribution in [0, 0.1) is 5.92 Å². The Balaban J connectivity index is 1.70. The normalized spacial score (nSPS) is 19.0. The molecule has 0 spiro atoms. The Kier molecular flexibility index (Phi) is 4.57. The second-order valence-electron chi connectivity index (χ2n) is 6.42. The Labute approximate surface area is 136 Å². The van der Waals surface area contributed by atoms with Crippen molar-refractivity contribution in [3.05, 3.63) is 30.0 Å². The molecule has 0 saturated carbocycles. The molecule has 5 nitrogen and oxygen atoms in total. The lowest BCUT2D eigenvalue weighted by atomic mass is 9.96. The van der Waals surface area contributed by atoms with Crippen molar-refractivity contribution in [2.24, 2.45) is 5.92 Å². The maximum atomic E-state index is 12.2. The molecule has 1 aromatic carbocycles. The molecule has 0 bridgehead atoms. The van der Waals surface area contributed by atoms with E-state index in [4.69, 9.17) is 9.15 Å². The van der Waals surface area contributed by atoms with Crippen molar-refractivity contribution >= 4 is 16.9 Å². The van der Waals surface area contributed by atoms with E-state index < -0.39 is 0 Å². The molecule has 1 aliphatic rings. The second-order valence-corrected chi connectivity index (χ2v) is 6.42. The smallest absolute Gasteiger partial charge is 0.226 e. The predicted octanol–water partition coefficient (Wildman–Crippen LogP) is 2.74. The lowest BCUT2D eigenvalue weighted by Crippen LogP contribution is -2.42. The van der Waals surface area contributed by atoms with Gasteiger partial charge in [0.05, 0.1) is 19.6 Å². The molecule has 1 fully saturated rings. The Morgan fingerprint density at radius 1 is 1.39 bits per heavy atom. The number of amides is 1. The van der Waals surface area contributed by atoms with E-state index >= 15 is 0 Å². The summed E-state index contributed by atoms with van der Waals surface area (Å²) in [6.45, 7) is 2.56. The molecule has 1 amide bonds. The topological polar surface area (TPSA) is 45.9 Å². The highest BCUT2D eigenvalue weighted by Crippen LogP contribution is 2.26. The Bertz CT molecular complexity index is 693. The molecule has 2 heterocycles. The van der Waals surface area contributed by atoms with E-state index in [1.54, 1.807) is 12.0 Å². The SMILES string of the molecule is COc1ccc2oc(CN3CCC[C@@H](C(=O)N(C)C)C3)cc2c1. The number of methoxy groups -OCH3 is 1. The quantitative estimate of drug-likeness (QED) is 0.870. The van der Waals surface area contributed by atoms with Crippen molar-refractivity contribution in [3.63, 3.8) is 0 Å². The molecule has 2 aromatic rings. The van der Waals surface area contributed by atoms with Gasteiger partial charge in [0.15, 0.2) is 0 Å². The van der Waals surface area contributed by atoms with Crippen molar-refractivity contribution in [3.8, 4) is 5.75 Å². The van der Waals surface area contributed by atoms with E-state index in [0.29, 0.717) is 0 Å². The minimum Gasteiger partial charge on any atom is -0.497 e. The zero-order valence-corrected chi connectivity index (χ0v) is 14.0. The largest absolute Gasteiger partial charge is 0.497 e. The van der Waals surface area contributed by atoms with Gasteiger partial charge in [0, 0.05) is 26.0 Å². The fourth-order valence-electron chi connectivity index (χ4n) is 3.27. The molecule has 1 saturated heterocycles. The van der Waals surface area contributed by atoms with Gasteiger partial charge in [-0.1, -0.05) is 0 Å². The van der Waals surface area contributed by atoms with Crippen LogP contribution in [0.4, 0.5) is 0 Å². The minimum absolute atomic E-state index is 0.100. The number of hydrogen-bond donors (Lipinski definition) is 0. The van der Waals surface area contributed by atoms with Gasteiger partial charge in [-0.2, -0.15) is 0 Å². The van der Waals surface area contributed by atoms with Crippen LogP contribution in [0.25, 0.3) is 11.0 Å². The van der Waals surface area contributed by atoms with Crippen LogP contribution < -0.4 is 4.74 Å². The van der Waals surface area contributed by atoms with Crippen molar-refractivity contribution in [2.75, 3.05) is 34.3 Å². The highest BCUT2D eigenvalue weighted by Gasteiger charge is 2.27. The number of piperidine rings is 1. The lowest BCUT2D eigenvalue weighted by Gasteiger charge is -2.32. The highest BCUT2D eigenvalue weighted by molar-refractivity contribution is 5.80. The van der Waals surface area contributed by atoms with Crippen molar-refractivity contribution in [2.45, 2.75) is 19.4 Å². The number of rotatable bonds is 4. The molecule has 23 heavy (non-hydrogen) atoms. The van der Waals surface area contributed by atoms with E-state index in [1.807, 2.05) is 32.3 Å². The summed E-state index contributed by atoms with van der Waals surface area (Å²) >= 11 is 0. The Morgan fingerprint density at radius 2 is 2.22 bits per heavy atom. The van der Waals surface area contributed by atoms with Crippen LogP contribution >= 0.6 is 0 Å². The van der Waals surface area contributed by atoms with E-state index in [1.165, 1.54) is 0 Å². The third kappa shape index (κ3) is 3.50. The van der Waals surface area contributed by atoms with Gasteiger partial charge < -0.3 is 14.1 Å². The first kappa shape index (κ1) is 15.9. The van der Waals surface area contributed by atoms with Gasteiger partial charge in [-0.15, -0.1) is 0 Å². The molecule has 0 radical (unpaired) electrons. The first-order valence-corrected chi connectivity index (χ1v) is 8.07. The molecule has 0 aliphatic carbocycles. The molecule has 1 aromatic heterocycles. The van der Waals surface area contributed by atoms with Crippen molar-refractivity contribution in [1.29, 1.82) is 0 Å². The fraction of sp³-hybridized carbons (Fsp3) is 0.500. The number of likely N-dealkylation sites (tertiary alicyclic amines) is 1. The van der Waals surface area contributed by atoms with Crippen LogP contribution in [-0.4, -0.2) is 50.0 Å². The molecular weight excluding hydrogens is 292 g/mol. The molecule has 1 aliphatic heterocycles. The highest BCUT2D eigenvalue weighted by atomic mass is 16.5. The monoisotopic (exact) mass is 316 g/mol. The van der Waals surface area contributed by atoms with Gasteiger partial charge in [-0.25, -0.2) is 0 Å². The summed E-state index contributed by atoms with van der Waals surface area (Å²) in [6.07, 6.45) is 2.03. The van der Waals surface area contributed by atoms with E-state index in [9.17, 15) is 4.79 Å². The third-order valence-corrected chi connectivity index (χ3v) is 4.45. The maximum absolute atomic E-state index is 12.2. The van der Waals surface area contributed by atoms with Crippen LogP contribution in [0.3, 0.4) is 0 Å². The van der Waals surface area contributed by atoms with Gasteiger partial charge in [-0.05, 0) is 43.7 Å². The molecule has 124 valence electrons. The molecule has 0 N–H and O–H groups in total. The maximum Gasteiger partial charge on any atom is 0.226 e. The first-order chi connectivity index (χ1) is 11.1. The van der Waals surface area contributed by atoms with Gasteiger partial charge in [0.2, 0.25) is 5.91 Å². The van der Waals surface area contributed by atoms with E-state index in [-0.39, 0.29) is 11.8 Å². The average Bonchev–Trinajstić information content (AvgIpc) is 2.95. The molecule has 5 heteroatoms. The Morgan fingerprint density at radius 3 is 2.96 bits per heavy atom. The number of carbonyl (C=O) groups excluding carboxylic acids is 1. The van der Waals surface area contributed by atoms with Crippen LogP contribution in [0.15, 0.2) is 28.7 Å². The number of hydrogen-bond acceptors (Lipinski definition) is 4. The first-order valence-electron chi connectivity index (χ1n) is 8.07. The summed E-state index contributed by atoms with van der Waals surface area (Å²) in [6, 6.07) is 7.89. The second kappa shape index (κ2) is 6.62. The number of benzene rings is 1. The summed E-state index contributed by atoms with van der Waals surface area (Å²) in [5, 5.41) is 1.05. The van der Waals surface area contributed by atoms with Gasteiger partial charge in [0.25, 0.3) is 0 Å². The summed E-state index contributed by atoms with van der Waals surface area (Å²) in [5.74, 6) is 2.10. The number of fused-ring (bicyclic) bond motifs is 1. The summed E-state index contributed by atoms with van der Waals surface area (Å²) in [4.78, 5) is 16.2. The van der Waals surface area contributed by atoms with Crippen molar-refractivity contribution in [1.82, 2.24) is 9.80 Å². The van der Waals surface area contributed by atoms with Crippen LogP contribution in [0.2, 0.25) is 0 Å². The summed E-state index contributed by atoms with van der Waals surface area (Å²) in [5.41, 5.74) is 0.874. The molecular formula is C18H24N2O3.